The summed E-state index contributed by atoms with van der Waals surface area (Å²) in [5.74, 6) is 1.12. The molecule has 1 atom stereocenters. The van der Waals surface area contributed by atoms with Gasteiger partial charge in [-0.15, -0.1) is 0 Å². The molecule has 0 aromatic carbocycles. The van der Waals surface area contributed by atoms with Crippen molar-refractivity contribution in [3.05, 3.63) is 23.9 Å². The van der Waals surface area contributed by atoms with Crippen LogP contribution in [0.2, 0.25) is 0 Å². The van der Waals surface area contributed by atoms with Crippen LogP contribution in [0.5, 0.6) is 0 Å². The molecular weight excluding hydrogens is 248 g/mol. The molecule has 112 valence electrons. The first-order valence-electron chi connectivity index (χ1n) is 7.71. The van der Waals surface area contributed by atoms with Gasteiger partial charge in [-0.3, -0.25) is 0 Å². The molecule has 1 fully saturated rings. The van der Waals surface area contributed by atoms with Crippen molar-refractivity contribution in [2.75, 3.05) is 31.6 Å². The minimum atomic E-state index is 0.492. The zero-order chi connectivity index (χ0) is 14.5. The highest BCUT2D eigenvalue weighted by Gasteiger charge is 2.20. The van der Waals surface area contributed by atoms with Crippen LogP contribution in [0.1, 0.15) is 32.9 Å². The molecule has 1 aliphatic heterocycles. The molecule has 1 aromatic rings. The minimum absolute atomic E-state index is 0.492. The molecule has 0 bridgehead atoms. The highest BCUT2D eigenvalue weighted by Crippen LogP contribution is 2.18. The molecule has 0 radical (unpaired) electrons. The monoisotopic (exact) mass is 276 g/mol. The summed E-state index contributed by atoms with van der Waals surface area (Å²) in [5.41, 5.74) is 1.13. The molecule has 1 saturated heterocycles. The molecule has 0 saturated carbocycles. The van der Waals surface area contributed by atoms with Gasteiger partial charge in [0.25, 0.3) is 0 Å². The molecule has 2 heterocycles. The minimum Gasteiger partial charge on any atom is -0.353 e. The molecular formula is C16H28N4. The van der Waals surface area contributed by atoms with E-state index in [0.29, 0.717) is 12.1 Å². The molecule has 0 spiro atoms. The second kappa shape index (κ2) is 7.04. The Bertz CT molecular complexity index is 419. The average Bonchev–Trinajstić information content (AvgIpc) is 2.57. The Balaban J connectivity index is 2.09. The first-order chi connectivity index (χ1) is 9.56. The van der Waals surface area contributed by atoms with Crippen LogP contribution in [-0.2, 0) is 6.54 Å². The third kappa shape index (κ3) is 4.18. The summed E-state index contributed by atoms with van der Waals surface area (Å²) < 4.78 is 0. The van der Waals surface area contributed by atoms with Crippen LogP contribution >= 0.6 is 0 Å². The van der Waals surface area contributed by atoms with Gasteiger partial charge in [0.2, 0.25) is 0 Å². The summed E-state index contributed by atoms with van der Waals surface area (Å²) in [7, 11) is 2.20. The van der Waals surface area contributed by atoms with Gasteiger partial charge in [-0.2, -0.15) is 0 Å². The fraction of sp³-hybridized carbons (Fsp3) is 0.688. The molecule has 1 N–H and O–H groups in total. The molecule has 4 heteroatoms. The highest BCUT2D eigenvalue weighted by molar-refractivity contribution is 5.40. The first-order valence-corrected chi connectivity index (χ1v) is 7.71. The number of hydrogen-bond donors (Lipinski definition) is 1. The number of pyridine rings is 1. The van der Waals surface area contributed by atoms with Crippen molar-refractivity contribution in [2.24, 2.45) is 0 Å². The van der Waals surface area contributed by atoms with Gasteiger partial charge in [-0.25, -0.2) is 4.98 Å². The van der Waals surface area contributed by atoms with E-state index in [0.717, 1.165) is 31.1 Å². The van der Waals surface area contributed by atoms with Gasteiger partial charge < -0.3 is 15.1 Å². The van der Waals surface area contributed by atoms with Crippen LogP contribution in [-0.4, -0.2) is 48.6 Å². The summed E-state index contributed by atoms with van der Waals surface area (Å²) in [6.45, 7) is 10.8. The lowest BCUT2D eigenvalue weighted by molar-refractivity contribution is 0.337. The van der Waals surface area contributed by atoms with Gasteiger partial charge >= 0.3 is 0 Å². The second-order valence-electron chi connectivity index (χ2n) is 6.18. The molecule has 1 aliphatic rings. The Morgan fingerprint density at radius 1 is 1.35 bits per heavy atom. The molecule has 4 nitrogen and oxygen atoms in total. The number of nitrogens with one attached hydrogen (secondary N) is 1. The highest BCUT2D eigenvalue weighted by atomic mass is 15.3. The predicted octanol–water partition coefficient (Wildman–Crippen LogP) is 2.11. The van der Waals surface area contributed by atoms with E-state index < -0.39 is 0 Å². The third-order valence-corrected chi connectivity index (χ3v) is 3.82. The van der Waals surface area contributed by atoms with Crippen LogP contribution < -0.4 is 10.2 Å². The van der Waals surface area contributed by atoms with E-state index in [-0.39, 0.29) is 0 Å². The number of hydrogen-bond acceptors (Lipinski definition) is 4. The van der Waals surface area contributed by atoms with Gasteiger partial charge in [-0.1, -0.05) is 19.9 Å². The van der Waals surface area contributed by atoms with E-state index in [4.69, 9.17) is 4.98 Å². The summed E-state index contributed by atoms with van der Waals surface area (Å²) in [5, 5.41) is 3.43. The van der Waals surface area contributed by atoms with Crippen molar-refractivity contribution in [3.63, 3.8) is 0 Å². The quantitative estimate of drug-likeness (QED) is 0.912. The van der Waals surface area contributed by atoms with Gasteiger partial charge in [0.15, 0.2) is 0 Å². The van der Waals surface area contributed by atoms with Crippen molar-refractivity contribution in [2.45, 2.75) is 45.8 Å². The van der Waals surface area contributed by atoms with E-state index in [1.165, 1.54) is 13.0 Å². The molecule has 1 unspecified atom stereocenters. The Labute approximate surface area is 123 Å². The third-order valence-electron chi connectivity index (χ3n) is 3.82. The van der Waals surface area contributed by atoms with Crippen molar-refractivity contribution < 1.29 is 0 Å². The van der Waals surface area contributed by atoms with E-state index in [1.54, 1.807) is 0 Å². The maximum absolute atomic E-state index is 4.83. The zero-order valence-electron chi connectivity index (χ0n) is 13.3. The summed E-state index contributed by atoms with van der Waals surface area (Å²) >= 11 is 0. The normalized spacial score (nSPS) is 21.2. The maximum atomic E-state index is 4.83. The van der Waals surface area contributed by atoms with Crippen LogP contribution in [0.25, 0.3) is 0 Å². The summed E-state index contributed by atoms with van der Waals surface area (Å²) in [4.78, 5) is 9.69. The number of rotatable bonds is 4. The van der Waals surface area contributed by atoms with Crippen molar-refractivity contribution in [1.82, 2.24) is 15.2 Å². The SMILES string of the molecule is CC(C)NCc1cccc(N2CCCN(C)CC2C)n1. The lowest BCUT2D eigenvalue weighted by atomic mass is 10.2. The molecule has 0 amide bonds. The summed E-state index contributed by atoms with van der Waals surface area (Å²) in [6.07, 6.45) is 1.21. The zero-order valence-corrected chi connectivity index (χ0v) is 13.3. The Morgan fingerprint density at radius 3 is 2.90 bits per heavy atom. The standard InChI is InChI=1S/C16H28N4/c1-13(2)17-11-15-7-5-8-16(18-15)20-10-6-9-19(4)12-14(20)3/h5,7-8,13-14,17H,6,9-12H2,1-4H3. The van der Waals surface area contributed by atoms with Crippen LogP contribution in [0.4, 0.5) is 5.82 Å². The van der Waals surface area contributed by atoms with Gasteiger partial charge in [0.1, 0.15) is 5.82 Å². The van der Waals surface area contributed by atoms with Gasteiger partial charge in [0, 0.05) is 31.7 Å². The van der Waals surface area contributed by atoms with Crippen molar-refractivity contribution >= 4 is 5.82 Å². The van der Waals surface area contributed by atoms with E-state index in [2.05, 4.69) is 61.1 Å². The lowest BCUT2D eigenvalue weighted by Crippen LogP contribution is -2.38. The molecule has 20 heavy (non-hydrogen) atoms. The number of likely N-dealkylation sites (N-methyl/N-ethyl adjacent to an activating group) is 1. The molecule has 2 rings (SSSR count). The molecule has 1 aromatic heterocycles. The van der Waals surface area contributed by atoms with Crippen LogP contribution in [0.15, 0.2) is 18.2 Å². The second-order valence-corrected chi connectivity index (χ2v) is 6.18. The van der Waals surface area contributed by atoms with E-state index >= 15 is 0 Å². The Kier molecular flexibility index (Phi) is 5.38. The Hall–Kier alpha value is -1.13. The fourth-order valence-corrected chi connectivity index (χ4v) is 2.75. The largest absolute Gasteiger partial charge is 0.353 e. The van der Waals surface area contributed by atoms with E-state index in [9.17, 15) is 0 Å². The van der Waals surface area contributed by atoms with Crippen LogP contribution in [0, 0.1) is 0 Å². The van der Waals surface area contributed by atoms with Crippen molar-refractivity contribution in [3.8, 4) is 0 Å². The maximum Gasteiger partial charge on any atom is 0.129 e. The fourth-order valence-electron chi connectivity index (χ4n) is 2.75. The number of aromatic nitrogens is 1. The Morgan fingerprint density at radius 2 is 2.15 bits per heavy atom. The average molecular weight is 276 g/mol. The van der Waals surface area contributed by atoms with E-state index in [1.807, 2.05) is 0 Å². The predicted molar refractivity (Wildman–Crippen MR) is 85.1 cm³/mol. The summed E-state index contributed by atoms with van der Waals surface area (Å²) in [6, 6.07) is 7.38. The lowest BCUT2D eigenvalue weighted by Gasteiger charge is -2.29. The first kappa shape index (κ1) is 15.3. The smallest absolute Gasteiger partial charge is 0.129 e. The van der Waals surface area contributed by atoms with Gasteiger partial charge in [0.05, 0.1) is 5.69 Å². The van der Waals surface area contributed by atoms with Gasteiger partial charge in [-0.05, 0) is 39.1 Å². The topological polar surface area (TPSA) is 31.4 Å². The van der Waals surface area contributed by atoms with Crippen LogP contribution in [0.3, 0.4) is 0 Å². The van der Waals surface area contributed by atoms with Crippen molar-refractivity contribution in [1.29, 1.82) is 0 Å². The number of anilines is 1. The number of nitrogens with zero attached hydrogens (tertiary/aromatic N) is 3. The molecule has 0 aliphatic carbocycles.